The Hall–Kier alpha value is -3.73. The number of nitrogens with zero attached hydrogens (tertiary/aromatic N) is 2. The van der Waals surface area contributed by atoms with E-state index < -0.39 is 33.3 Å². The van der Waals surface area contributed by atoms with E-state index in [9.17, 15) is 27.9 Å². The summed E-state index contributed by atoms with van der Waals surface area (Å²) in [4.78, 5) is 37.1. The highest BCUT2D eigenvalue weighted by molar-refractivity contribution is 7.89. The van der Waals surface area contributed by atoms with Crippen LogP contribution in [0.2, 0.25) is 5.02 Å². The zero-order chi connectivity index (χ0) is 27.4. The van der Waals surface area contributed by atoms with Crippen LogP contribution in [0.15, 0.2) is 87.3 Å². The van der Waals surface area contributed by atoms with E-state index in [0.29, 0.717) is 22.3 Å². The number of halogens is 1. The lowest BCUT2D eigenvalue weighted by atomic mass is 10.1. The van der Waals surface area contributed by atoms with Gasteiger partial charge in [-0.2, -0.15) is 4.72 Å². The molecule has 0 aliphatic heterocycles. The number of aryl methyl sites for hydroxylation is 1. The van der Waals surface area contributed by atoms with Gasteiger partial charge in [-0.05, 0) is 66.8 Å². The van der Waals surface area contributed by atoms with Crippen LogP contribution in [0.1, 0.15) is 19.3 Å². The predicted octanol–water partition coefficient (Wildman–Crippen LogP) is 3.62. The molecule has 0 bridgehead atoms. The summed E-state index contributed by atoms with van der Waals surface area (Å²) in [6.07, 6.45) is 0.576. The van der Waals surface area contributed by atoms with Crippen LogP contribution >= 0.6 is 11.6 Å². The standard InChI is InChI=1S/C27H26ClN3O6S/c1-30-24-8-3-2-6-22(24)25(32)31(27(30)35)17-5-4-7-23(26(33)34)29-38(36,37)21-15-11-19(12-16-21)18-9-13-20(28)14-10-18/h2-3,6,8-16,23,29H,4-5,7,17H2,1H3,(H,33,34)/t23-/m1/s1. The van der Waals surface area contributed by atoms with Crippen molar-refractivity contribution in [2.75, 3.05) is 0 Å². The number of hydrogen-bond donors (Lipinski definition) is 2. The van der Waals surface area contributed by atoms with Gasteiger partial charge in [0.05, 0.1) is 15.8 Å². The van der Waals surface area contributed by atoms with E-state index in [2.05, 4.69) is 4.72 Å². The zero-order valence-electron chi connectivity index (χ0n) is 20.5. The van der Waals surface area contributed by atoms with Gasteiger partial charge in [0.1, 0.15) is 6.04 Å². The van der Waals surface area contributed by atoms with Crippen LogP contribution in [0.5, 0.6) is 0 Å². The Kier molecular flexibility index (Phi) is 8.15. The van der Waals surface area contributed by atoms with Crippen molar-refractivity contribution in [1.82, 2.24) is 13.9 Å². The molecule has 38 heavy (non-hydrogen) atoms. The number of carbonyl (C=O) groups is 1. The molecule has 0 aliphatic carbocycles. The van der Waals surface area contributed by atoms with Crippen LogP contribution in [-0.4, -0.2) is 34.7 Å². The molecular formula is C27H26ClN3O6S. The van der Waals surface area contributed by atoms with Crippen molar-refractivity contribution < 1.29 is 18.3 Å². The van der Waals surface area contributed by atoms with Gasteiger partial charge >= 0.3 is 11.7 Å². The molecule has 3 aromatic carbocycles. The number of benzene rings is 3. The van der Waals surface area contributed by atoms with E-state index in [1.54, 1.807) is 55.6 Å². The number of para-hydroxylation sites is 1. The number of unbranched alkanes of at least 4 members (excludes halogenated alkanes) is 1. The minimum Gasteiger partial charge on any atom is -0.480 e. The highest BCUT2D eigenvalue weighted by Gasteiger charge is 2.25. The highest BCUT2D eigenvalue weighted by Crippen LogP contribution is 2.23. The summed E-state index contributed by atoms with van der Waals surface area (Å²) in [6.45, 7) is 0.0849. The molecule has 0 saturated heterocycles. The third-order valence-electron chi connectivity index (χ3n) is 6.32. The molecule has 0 amide bonds. The average Bonchev–Trinajstić information content (AvgIpc) is 2.91. The van der Waals surface area contributed by atoms with E-state index >= 15 is 0 Å². The summed E-state index contributed by atoms with van der Waals surface area (Å²) in [5.74, 6) is -1.31. The molecule has 1 aromatic heterocycles. The van der Waals surface area contributed by atoms with Crippen molar-refractivity contribution in [2.45, 2.75) is 36.7 Å². The number of fused-ring (bicyclic) bond motifs is 1. The first kappa shape index (κ1) is 27.3. The first-order chi connectivity index (χ1) is 18.1. The van der Waals surface area contributed by atoms with E-state index in [-0.39, 0.29) is 24.3 Å². The lowest BCUT2D eigenvalue weighted by Gasteiger charge is -2.15. The highest BCUT2D eigenvalue weighted by atomic mass is 35.5. The van der Waals surface area contributed by atoms with Crippen molar-refractivity contribution in [1.29, 1.82) is 0 Å². The van der Waals surface area contributed by atoms with Crippen LogP contribution in [0.3, 0.4) is 0 Å². The van der Waals surface area contributed by atoms with Crippen LogP contribution in [0.25, 0.3) is 22.0 Å². The van der Waals surface area contributed by atoms with Gasteiger partial charge in [-0.1, -0.05) is 48.0 Å². The van der Waals surface area contributed by atoms with Crippen molar-refractivity contribution in [3.63, 3.8) is 0 Å². The maximum atomic E-state index is 12.9. The molecule has 0 radical (unpaired) electrons. The van der Waals surface area contributed by atoms with Crippen LogP contribution < -0.4 is 16.0 Å². The fraction of sp³-hybridized carbons (Fsp3) is 0.222. The van der Waals surface area contributed by atoms with E-state index in [1.807, 2.05) is 12.1 Å². The second-order valence-electron chi connectivity index (χ2n) is 8.85. The van der Waals surface area contributed by atoms with Gasteiger partial charge in [-0.25, -0.2) is 13.2 Å². The molecule has 2 N–H and O–H groups in total. The Bertz CT molecular complexity index is 1690. The summed E-state index contributed by atoms with van der Waals surface area (Å²) < 4.78 is 30.5. The van der Waals surface area contributed by atoms with Gasteiger partial charge < -0.3 is 5.11 Å². The fourth-order valence-electron chi connectivity index (χ4n) is 4.24. The lowest BCUT2D eigenvalue weighted by molar-refractivity contribution is -0.139. The SMILES string of the molecule is Cn1c(=O)n(CCCC[C@@H](NS(=O)(=O)c2ccc(-c3ccc(Cl)cc3)cc2)C(=O)O)c(=O)c2ccccc21. The summed E-state index contributed by atoms with van der Waals surface area (Å²) in [6, 6.07) is 18.6. The number of rotatable bonds is 10. The zero-order valence-corrected chi connectivity index (χ0v) is 22.1. The van der Waals surface area contributed by atoms with E-state index in [4.69, 9.17) is 11.6 Å². The molecule has 0 spiro atoms. The van der Waals surface area contributed by atoms with Gasteiger partial charge in [0.25, 0.3) is 5.56 Å². The topological polar surface area (TPSA) is 127 Å². The first-order valence-electron chi connectivity index (χ1n) is 11.9. The van der Waals surface area contributed by atoms with Crippen molar-refractivity contribution in [3.05, 3.63) is 98.7 Å². The molecule has 9 nitrogen and oxygen atoms in total. The van der Waals surface area contributed by atoms with Gasteiger partial charge in [0, 0.05) is 18.6 Å². The van der Waals surface area contributed by atoms with E-state index in [1.165, 1.54) is 16.7 Å². The van der Waals surface area contributed by atoms with Gasteiger partial charge in [0.2, 0.25) is 10.0 Å². The van der Waals surface area contributed by atoms with Crippen LogP contribution in [0.4, 0.5) is 0 Å². The molecule has 0 fully saturated rings. The normalized spacial score (nSPS) is 12.5. The predicted molar refractivity (Wildman–Crippen MR) is 146 cm³/mol. The summed E-state index contributed by atoms with van der Waals surface area (Å²) >= 11 is 5.91. The van der Waals surface area contributed by atoms with Gasteiger partial charge in [-0.3, -0.25) is 18.7 Å². The molecule has 0 unspecified atom stereocenters. The summed E-state index contributed by atoms with van der Waals surface area (Å²) in [5.41, 5.74) is 1.29. The molecule has 1 heterocycles. The first-order valence-corrected chi connectivity index (χ1v) is 13.7. The van der Waals surface area contributed by atoms with Crippen molar-refractivity contribution >= 4 is 38.5 Å². The number of aliphatic carboxylic acids is 1. The maximum Gasteiger partial charge on any atom is 0.331 e. The van der Waals surface area contributed by atoms with Crippen LogP contribution in [-0.2, 0) is 28.4 Å². The third kappa shape index (κ3) is 5.88. The molecule has 0 saturated carbocycles. The number of nitrogens with one attached hydrogen (secondary N) is 1. The molecule has 11 heteroatoms. The Morgan fingerprint density at radius 3 is 2.18 bits per heavy atom. The summed E-state index contributed by atoms with van der Waals surface area (Å²) in [5, 5.41) is 10.6. The molecule has 4 aromatic rings. The van der Waals surface area contributed by atoms with Crippen LogP contribution in [0, 0.1) is 0 Å². The quantitative estimate of drug-likeness (QED) is 0.288. The summed E-state index contributed by atoms with van der Waals surface area (Å²) in [7, 11) is -2.52. The minimum absolute atomic E-state index is 0.0138. The lowest BCUT2D eigenvalue weighted by Crippen LogP contribution is -2.41. The number of carboxylic acids is 1. The second-order valence-corrected chi connectivity index (χ2v) is 11.0. The van der Waals surface area contributed by atoms with Crippen molar-refractivity contribution in [2.24, 2.45) is 7.05 Å². The molecule has 4 rings (SSSR count). The minimum atomic E-state index is -4.10. The second kappa shape index (κ2) is 11.3. The maximum absolute atomic E-state index is 12.9. The molecular weight excluding hydrogens is 530 g/mol. The molecule has 0 aliphatic rings. The monoisotopic (exact) mass is 555 g/mol. The fourth-order valence-corrected chi connectivity index (χ4v) is 5.59. The smallest absolute Gasteiger partial charge is 0.331 e. The number of hydrogen-bond acceptors (Lipinski definition) is 5. The number of aromatic nitrogens is 2. The average molecular weight is 556 g/mol. The Balaban J connectivity index is 1.41. The van der Waals surface area contributed by atoms with Gasteiger partial charge in [0.15, 0.2) is 0 Å². The third-order valence-corrected chi connectivity index (χ3v) is 8.06. The Morgan fingerprint density at radius 1 is 0.947 bits per heavy atom. The van der Waals surface area contributed by atoms with E-state index in [0.717, 1.165) is 15.7 Å². The molecule has 198 valence electrons. The Morgan fingerprint density at radius 2 is 1.55 bits per heavy atom. The Labute approximate surface area is 224 Å². The number of sulfonamides is 1. The van der Waals surface area contributed by atoms with Gasteiger partial charge in [-0.15, -0.1) is 0 Å². The largest absolute Gasteiger partial charge is 0.480 e. The number of carboxylic acid groups (broad SMARTS) is 1. The van der Waals surface area contributed by atoms with Crippen molar-refractivity contribution in [3.8, 4) is 11.1 Å². The molecule has 1 atom stereocenters.